The van der Waals surface area contributed by atoms with Crippen LogP contribution < -0.4 is 4.74 Å². The molecule has 0 radical (unpaired) electrons. The third-order valence-electron chi connectivity index (χ3n) is 11.6. The minimum atomic E-state index is -1.77. The van der Waals surface area contributed by atoms with Crippen LogP contribution in [0.25, 0.3) is 0 Å². The minimum absolute atomic E-state index is 0.0268. The monoisotopic (exact) mass is 520 g/mol. The van der Waals surface area contributed by atoms with Gasteiger partial charge in [-0.15, -0.1) is 5.10 Å². The zero-order chi connectivity index (χ0) is 26.5. The number of nitrogens with one attached hydrogen (secondary N) is 1. The van der Waals surface area contributed by atoms with Crippen LogP contribution in [-0.4, -0.2) is 78.0 Å². The van der Waals surface area contributed by atoms with Gasteiger partial charge in [-0.3, -0.25) is 5.10 Å². The number of aliphatic hydroxyl groups is 4. The molecule has 4 fully saturated rings. The summed E-state index contributed by atoms with van der Waals surface area (Å²) in [6, 6.07) is 0. The van der Waals surface area contributed by atoms with Gasteiger partial charge in [-0.05, 0) is 92.8 Å². The van der Waals surface area contributed by atoms with Gasteiger partial charge in [-0.25, -0.2) is 4.79 Å². The number of hydrogen-bond donors (Lipinski definition) is 6. The first-order valence-electron chi connectivity index (χ1n) is 13.7. The maximum atomic E-state index is 11.5. The van der Waals surface area contributed by atoms with Crippen molar-refractivity contribution >= 4 is 5.97 Å². The summed E-state index contributed by atoms with van der Waals surface area (Å²) >= 11 is 0. The number of ether oxygens (including phenoxy) is 2. The SMILES string of the molecule is CC12Cc3c(OC4OC(C(=O)O)C(O)C(O)C4O)n[nH]c3CC1CCC1C2CCC2(C)C1CCC2(C)O. The number of carboxylic acid groups (broad SMARTS) is 1. The maximum absolute atomic E-state index is 11.5. The van der Waals surface area contributed by atoms with E-state index in [0.29, 0.717) is 23.7 Å². The Labute approximate surface area is 216 Å². The van der Waals surface area contributed by atoms with Gasteiger partial charge < -0.3 is 35.0 Å². The molecular weight excluding hydrogens is 480 g/mol. The van der Waals surface area contributed by atoms with Crippen LogP contribution in [0, 0.1) is 34.5 Å². The molecule has 206 valence electrons. The van der Waals surface area contributed by atoms with Crippen molar-refractivity contribution in [2.45, 2.75) is 108 Å². The predicted octanol–water partition coefficient (Wildman–Crippen LogP) is 1.39. The summed E-state index contributed by atoms with van der Waals surface area (Å²) in [6.07, 6.45) is -0.369. The Balaban J connectivity index is 1.26. The second-order valence-electron chi connectivity index (χ2n) is 13.1. The number of carbonyl (C=O) groups is 1. The molecule has 0 spiro atoms. The number of rotatable bonds is 3. The van der Waals surface area contributed by atoms with E-state index in [1.165, 1.54) is 6.42 Å². The first kappa shape index (κ1) is 25.6. The van der Waals surface area contributed by atoms with Crippen molar-refractivity contribution < 1.29 is 39.8 Å². The van der Waals surface area contributed by atoms with Crippen LogP contribution in [0.5, 0.6) is 5.88 Å². The van der Waals surface area contributed by atoms with E-state index in [1.54, 1.807) is 0 Å². The summed E-state index contributed by atoms with van der Waals surface area (Å²) in [7, 11) is 0. The number of carboxylic acids is 1. The van der Waals surface area contributed by atoms with Gasteiger partial charge in [-0.1, -0.05) is 13.8 Å². The van der Waals surface area contributed by atoms with Gasteiger partial charge in [0, 0.05) is 11.3 Å². The zero-order valence-corrected chi connectivity index (χ0v) is 21.8. The van der Waals surface area contributed by atoms with Gasteiger partial charge in [0.25, 0.3) is 0 Å². The van der Waals surface area contributed by atoms with Crippen molar-refractivity contribution in [3.8, 4) is 5.88 Å². The number of aliphatic carboxylic acids is 1. The van der Waals surface area contributed by atoms with E-state index >= 15 is 0 Å². The van der Waals surface area contributed by atoms with E-state index in [2.05, 4.69) is 24.0 Å². The van der Waals surface area contributed by atoms with E-state index in [9.17, 15) is 30.3 Å². The fraction of sp³-hybridized carbons (Fsp3) is 0.852. The second kappa shape index (κ2) is 8.39. The second-order valence-corrected chi connectivity index (χ2v) is 13.1. The molecule has 10 nitrogen and oxygen atoms in total. The molecule has 6 N–H and O–H groups in total. The summed E-state index contributed by atoms with van der Waals surface area (Å²) in [5.74, 6) is 0.924. The molecule has 3 saturated carbocycles. The van der Waals surface area contributed by atoms with Crippen molar-refractivity contribution in [2.24, 2.45) is 34.5 Å². The fourth-order valence-electron chi connectivity index (χ4n) is 9.11. The highest BCUT2D eigenvalue weighted by Gasteiger charge is 2.63. The standard InChI is InChI=1S/C27H40N2O8/c1-25-11-14-17(28-29-22(14)37-24-20(32)18(30)19(31)21(36-24)23(33)34)10-12(25)4-5-13-15(25)6-8-26(2)16(13)7-9-27(26,3)35/h12-13,15-16,18-21,24,30-32,35H,4-11H2,1-3H3,(H,28,29)(H,33,34). The van der Waals surface area contributed by atoms with Crippen molar-refractivity contribution in [1.29, 1.82) is 0 Å². The number of aromatic amines is 1. The van der Waals surface area contributed by atoms with E-state index in [4.69, 9.17) is 9.47 Å². The first-order chi connectivity index (χ1) is 17.4. The molecule has 0 aromatic carbocycles. The van der Waals surface area contributed by atoms with Crippen LogP contribution >= 0.6 is 0 Å². The van der Waals surface area contributed by atoms with Crippen LogP contribution in [-0.2, 0) is 22.4 Å². The molecule has 1 aliphatic heterocycles. The van der Waals surface area contributed by atoms with Gasteiger partial charge in [0.05, 0.1) is 5.60 Å². The average molecular weight is 521 g/mol. The van der Waals surface area contributed by atoms with E-state index in [1.807, 2.05) is 6.92 Å². The quantitative estimate of drug-likeness (QED) is 0.345. The molecule has 37 heavy (non-hydrogen) atoms. The largest absolute Gasteiger partial charge is 0.479 e. The number of aromatic nitrogens is 2. The molecule has 1 saturated heterocycles. The molecular formula is C27H40N2O8. The van der Waals surface area contributed by atoms with E-state index in [0.717, 1.165) is 56.2 Å². The van der Waals surface area contributed by atoms with Crippen LogP contribution in [0.1, 0.15) is 70.6 Å². The van der Waals surface area contributed by atoms with Crippen LogP contribution in [0.2, 0.25) is 0 Å². The van der Waals surface area contributed by atoms with Crippen LogP contribution in [0.4, 0.5) is 0 Å². The van der Waals surface area contributed by atoms with Gasteiger partial charge in [0.15, 0.2) is 6.10 Å². The molecule has 1 aromatic rings. The molecule has 0 amide bonds. The number of H-pyrrole nitrogens is 1. The summed E-state index contributed by atoms with van der Waals surface area (Å²) in [5.41, 5.74) is 1.27. The van der Waals surface area contributed by atoms with Crippen LogP contribution in [0.3, 0.4) is 0 Å². The fourth-order valence-corrected chi connectivity index (χ4v) is 9.11. The number of fused-ring (bicyclic) bond motifs is 6. The Kier molecular flexibility index (Phi) is 5.79. The highest BCUT2D eigenvalue weighted by atomic mass is 16.7. The topological polar surface area (TPSA) is 165 Å². The molecule has 6 rings (SSSR count). The third kappa shape index (κ3) is 3.55. The van der Waals surface area contributed by atoms with Crippen LogP contribution in [0.15, 0.2) is 0 Å². The van der Waals surface area contributed by atoms with Gasteiger partial charge in [0.2, 0.25) is 12.2 Å². The molecule has 2 heterocycles. The predicted molar refractivity (Wildman–Crippen MR) is 129 cm³/mol. The van der Waals surface area contributed by atoms with Crippen molar-refractivity contribution in [3.63, 3.8) is 0 Å². The first-order valence-corrected chi connectivity index (χ1v) is 13.7. The molecule has 1 aromatic heterocycles. The average Bonchev–Trinajstić information content (AvgIpc) is 3.33. The maximum Gasteiger partial charge on any atom is 0.335 e. The van der Waals surface area contributed by atoms with Crippen molar-refractivity contribution in [3.05, 3.63) is 11.3 Å². The lowest BCUT2D eigenvalue weighted by molar-refractivity contribution is -0.271. The molecule has 0 bridgehead atoms. The summed E-state index contributed by atoms with van der Waals surface area (Å²) in [4.78, 5) is 11.5. The number of aliphatic hydroxyl groups excluding tert-OH is 3. The normalized spacial score (nSPS) is 50.9. The molecule has 12 unspecified atom stereocenters. The van der Waals surface area contributed by atoms with E-state index in [-0.39, 0.29) is 16.7 Å². The molecule has 10 heteroatoms. The smallest absolute Gasteiger partial charge is 0.335 e. The summed E-state index contributed by atoms with van der Waals surface area (Å²) in [5, 5.41) is 58.6. The van der Waals surface area contributed by atoms with Crippen molar-refractivity contribution in [1.82, 2.24) is 10.2 Å². The lowest BCUT2D eigenvalue weighted by atomic mass is 9.44. The Morgan fingerprint density at radius 1 is 1.03 bits per heavy atom. The number of nitrogens with zero attached hydrogens (tertiary/aromatic N) is 1. The summed E-state index contributed by atoms with van der Waals surface area (Å²) < 4.78 is 11.2. The highest BCUT2D eigenvalue weighted by molar-refractivity contribution is 5.73. The van der Waals surface area contributed by atoms with Gasteiger partial charge in [0.1, 0.15) is 18.3 Å². The lowest BCUT2D eigenvalue weighted by Gasteiger charge is -2.60. The summed E-state index contributed by atoms with van der Waals surface area (Å²) in [6.45, 7) is 6.70. The zero-order valence-electron chi connectivity index (χ0n) is 21.8. The van der Waals surface area contributed by atoms with Gasteiger partial charge >= 0.3 is 5.97 Å². The Bertz CT molecular complexity index is 1070. The Morgan fingerprint density at radius 3 is 2.49 bits per heavy atom. The van der Waals surface area contributed by atoms with Gasteiger partial charge in [-0.2, -0.15) is 0 Å². The molecule has 12 atom stereocenters. The highest BCUT2D eigenvalue weighted by Crippen LogP contribution is 2.67. The third-order valence-corrected chi connectivity index (χ3v) is 11.6. The Morgan fingerprint density at radius 2 is 1.76 bits per heavy atom. The molecule has 5 aliphatic rings. The van der Waals surface area contributed by atoms with Crippen molar-refractivity contribution in [2.75, 3.05) is 0 Å². The minimum Gasteiger partial charge on any atom is -0.479 e. The Hall–Kier alpha value is -1.72. The van der Waals surface area contributed by atoms with E-state index < -0.39 is 42.3 Å². The molecule has 4 aliphatic carbocycles. The lowest BCUT2D eigenvalue weighted by Crippen LogP contribution is -2.61. The number of hydrogen-bond acceptors (Lipinski definition) is 8.